The molecule has 0 radical (unpaired) electrons. The van der Waals surface area contributed by atoms with Crippen LogP contribution in [0, 0.1) is 0 Å². The first kappa shape index (κ1) is 10.8. The van der Waals surface area contributed by atoms with Crippen molar-refractivity contribution in [1.29, 1.82) is 0 Å². The molecule has 2 aromatic heterocycles. The van der Waals surface area contributed by atoms with E-state index in [1.807, 2.05) is 25.3 Å². The van der Waals surface area contributed by atoms with Crippen molar-refractivity contribution < 1.29 is 0 Å². The summed E-state index contributed by atoms with van der Waals surface area (Å²) >= 11 is 0. The normalized spacial score (nSPS) is 12.7. The smallest absolute Gasteiger partial charge is 0.140 e. The van der Waals surface area contributed by atoms with E-state index in [1.54, 1.807) is 12.4 Å². The van der Waals surface area contributed by atoms with Gasteiger partial charge in [0, 0.05) is 30.5 Å². The van der Waals surface area contributed by atoms with Crippen LogP contribution in [0.25, 0.3) is 11.4 Å². The summed E-state index contributed by atoms with van der Waals surface area (Å²) in [7, 11) is 0. The zero-order valence-corrected chi connectivity index (χ0v) is 9.59. The van der Waals surface area contributed by atoms with Crippen molar-refractivity contribution in [1.82, 2.24) is 14.5 Å². The van der Waals surface area contributed by atoms with Crippen LogP contribution in [0.15, 0.2) is 30.7 Å². The summed E-state index contributed by atoms with van der Waals surface area (Å²) < 4.78 is 2.14. The third-order valence-electron chi connectivity index (χ3n) is 2.61. The average molecular weight is 216 g/mol. The van der Waals surface area contributed by atoms with Crippen LogP contribution in [-0.4, -0.2) is 14.5 Å². The fourth-order valence-corrected chi connectivity index (χ4v) is 1.82. The highest BCUT2D eigenvalue weighted by atomic mass is 15.1. The third-order valence-corrected chi connectivity index (χ3v) is 2.61. The minimum Gasteiger partial charge on any atom is -0.327 e. The summed E-state index contributed by atoms with van der Waals surface area (Å²) in [6, 6.07) is 3.92. The Morgan fingerprint density at radius 3 is 2.62 bits per heavy atom. The zero-order valence-electron chi connectivity index (χ0n) is 9.59. The fourth-order valence-electron chi connectivity index (χ4n) is 1.82. The molecule has 16 heavy (non-hydrogen) atoms. The van der Waals surface area contributed by atoms with Crippen LogP contribution in [0.3, 0.4) is 0 Å². The number of pyridine rings is 1. The second-order valence-electron chi connectivity index (χ2n) is 3.78. The predicted octanol–water partition coefficient (Wildman–Crippen LogP) is 1.98. The Kier molecular flexibility index (Phi) is 3.01. The summed E-state index contributed by atoms with van der Waals surface area (Å²) in [5, 5.41) is 0. The SMILES string of the molecule is CCn1c(C(C)N)cnc1-c1ccncc1. The topological polar surface area (TPSA) is 56.7 Å². The first-order chi connectivity index (χ1) is 7.74. The van der Waals surface area contributed by atoms with E-state index in [1.165, 1.54) is 0 Å². The molecule has 0 fully saturated rings. The molecule has 84 valence electrons. The molecular weight excluding hydrogens is 200 g/mol. The average Bonchev–Trinajstić information content (AvgIpc) is 2.73. The van der Waals surface area contributed by atoms with E-state index in [9.17, 15) is 0 Å². The molecule has 0 saturated heterocycles. The molecular formula is C12H16N4. The Morgan fingerprint density at radius 1 is 1.38 bits per heavy atom. The molecule has 4 heteroatoms. The van der Waals surface area contributed by atoms with Gasteiger partial charge in [0.05, 0.1) is 11.9 Å². The lowest BCUT2D eigenvalue weighted by Gasteiger charge is -2.11. The lowest BCUT2D eigenvalue weighted by atomic mass is 10.2. The minimum absolute atomic E-state index is 0.00281. The quantitative estimate of drug-likeness (QED) is 0.853. The van der Waals surface area contributed by atoms with Crippen LogP contribution in [-0.2, 0) is 6.54 Å². The monoisotopic (exact) mass is 216 g/mol. The van der Waals surface area contributed by atoms with E-state index in [0.29, 0.717) is 0 Å². The van der Waals surface area contributed by atoms with Crippen LogP contribution in [0.5, 0.6) is 0 Å². The van der Waals surface area contributed by atoms with Gasteiger partial charge >= 0.3 is 0 Å². The highest BCUT2D eigenvalue weighted by Gasteiger charge is 2.12. The van der Waals surface area contributed by atoms with Gasteiger partial charge in [-0.15, -0.1) is 0 Å². The maximum Gasteiger partial charge on any atom is 0.140 e. The maximum absolute atomic E-state index is 5.91. The van der Waals surface area contributed by atoms with Gasteiger partial charge in [0.1, 0.15) is 5.82 Å². The lowest BCUT2D eigenvalue weighted by Crippen LogP contribution is -2.12. The highest BCUT2D eigenvalue weighted by molar-refractivity contribution is 5.55. The standard InChI is InChI=1S/C12H16N4/c1-3-16-11(9(2)13)8-15-12(16)10-4-6-14-7-5-10/h4-9H,3,13H2,1-2H3. The molecule has 0 aromatic carbocycles. The molecule has 2 N–H and O–H groups in total. The van der Waals surface area contributed by atoms with Gasteiger partial charge in [-0.1, -0.05) is 0 Å². The van der Waals surface area contributed by atoms with E-state index in [2.05, 4.69) is 21.5 Å². The Labute approximate surface area is 95.1 Å². The second kappa shape index (κ2) is 4.45. The Balaban J connectivity index is 2.50. The highest BCUT2D eigenvalue weighted by Crippen LogP contribution is 2.21. The molecule has 0 aliphatic heterocycles. The number of hydrogen-bond donors (Lipinski definition) is 1. The first-order valence-electron chi connectivity index (χ1n) is 5.45. The first-order valence-corrected chi connectivity index (χ1v) is 5.45. The van der Waals surface area contributed by atoms with E-state index < -0.39 is 0 Å². The van der Waals surface area contributed by atoms with Gasteiger partial charge in [0.25, 0.3) is 0 Å². The molecule has 2 heterocycles. The van der Waals surface area contributed by atoms with Gasteiger partial charge in [-0.25, -0.2) is 4.98 Å². The van der Waals surface area contributed by atoms with E-state index in [-0.39, 0.29) is 6.04 Å². The van der Waals surface area contributed by atoms with Gasteiger partial charge in [-0.3, -0.25) is 4.98 Å². The summed E-state index contributed by atoms with van der Waals surface area (Å²) in [4.78, 5) is 8.44. The molecule has 2 aromatic rings. The number of hydrogen-bond acceptors (Lipinski definition) is 3. The van der Waals surface area contributed by atoms with Crippen molar-refractivity contribution in [3.8, 4) is 11.4 Å². The van der Waals surface area contributed by atoms with Gasteiger partial charge in [-0.05, 0) is 26.0 Å². The molecule has 2 rings (SSSR count). The van der Waals surface area contributed by atoms with Crippen LogP contribution < -0.4 is 5.73 Å². The number of aromatic nitrogens is 3. The third kappa shape index (κ3) is 1.84. The molecule has 0 saturated carbocycles. The van der Waals surface area contributed by atoms with Crippen molar-refractivity contribution in [3.63, 3.8) is 0 Å². The molecule has 0 aliphatic rings. The van der Waals surface area contributed by atoms with Crippen LogP contribution >= 0.6 is 0 Å². The Bertz CT molecular complexity index is 459. The summed E-state index contributed by atoms with van der Waals surface area (Å²) in [5.41, 5.74) is 8.05. The van der Waals surface area contributed by atoms with E-state index >= 15 is 0 Å². The van der Waals surface area contributed by atoms with Crippen molar-refractivity contribution in [2.24, 2.45) is 5.73 Å². The van der Waals surface area contributed by atoms with Crippen molar-refractivity contribution in [2.45, 2.75) is 26.4 Å². The molecule has 0 bridgehead atoms. The van der Waals surface area contributed by atoms with Gasteiger partial charge in [0.2, 0.25) is 0 Å². The van der Waals surface area contributed by atoms with Crippen molar-refractivity contribution in [2.75, 3.05) is 0 Å². The molecule has 0 aliphatic carbocycles. The Hall–Kier alpha value is -1.68. The van der Waals surface area contributed by atoms with Crippen LogP contribution in [0.1, 0.15) is 25.6 Å². The van der Waals surface area contributed by atoms with Crippen LogP contribution in [0.2, 0.25) is 0 Å². The van der Waals surface area contributed by atoms with E-state index in [4.69, 9.17) is 5.73 Å². The molecule has 0 amide bonds. The largest absolute Gasteiger partial charge is 0.327 e. The molecule has 1 unspecified atom stereocenters. The number of nitrogens with zero attached hydrogens (tertiary/aromatic N) is 3. The number of rotatable bonds is 3. The predicted molar refractivity (Wildman–Crippen MR) is 63.7 cm³/mol. The number of imidazole rings is 1. The lowest BCUT2D eigenvalue weighted by molar-refractivity contribution is 0.662. The van der Waals surface area contributed by atoms with Gasteiger partial charge < -0.3 is 10.3 Å². The maximum atomic E-state index is 5.91. The van der Waals surface area contributed by atoms with Crippen LogP contribution in [0.4, 0.5) is 0 Å². The second-order valence-corrected chi connectivity index (χ2v) is 3.78. The summed E-state index contributed by atoms with van der Waals surface area (Å²) in [5.74, 6) is 0.956. The molecule has 4 nitrogen and oxygen atoms in total. The van der Waals surface area contributed by atoms with Gasteiger partial charge in [-0.2, -0.15) is 0 Å². The molecule has 1 atom stereocenters. The van der Waals surface area contributed by atoms with Gasteiger partial charge in [0.15, 0.2) is 0 Å². The molecule has 0 spiro atoms. The van der Waals surface area contributed by atoms with Crippen molar-refractivity contribution >= 4 is 0 Å². The summed E-state index contributed by atoms with van der Waals surface area (Å²) in [6.07, 6.45) is 5.40. The van der Waals surface area contributed by atoms with E-state index in [0.717, 1.165) is 23.6 Å². The number of nitrogens with two attached hydrogens (primary N) is 1. The zero-order chi connectivity index (χ0) is 11.5. The Morgan fingerprint density at radius 2 is 2.06 bits per heavy atom. The minimum atomic E-state index is 0.00281. The van der Waals surface area contributed by atoms with Crippen molar-refractivity contribution in [3.05, 3.63) is 36.4 Å². The fraction of sp³-hybridized carbons (Fsp3) is 0.333. The summed E-state index contributed by atoms with van der Waals surface area (Å²) in [6.45, 7) is 4.94.